The number of thiophene rings is 1. The minimum atomic E-state index is 1.10. The van der Waals surface area contributed by atoms with Gasteiger partial charge in [-0.05, 0) is 105 Å². The Bertz CT molecular complexity index is 3120. The second kappa shape index (κ2) is 11.9. The fourth-order valence-electron chi connectivity index (χ4n) is 8.25. The fraction of sp³-hybridized carbons (Fsp3) is 0. The van der Waals surface area contributed by atoms with Crippen molar-refractivity contribution >= 4 is 91.9 Å². The largest absolute Gasteiger partial charge is 0.310 e. The van der Waals surface area contributed by atoms with Gasteiger partial charge in [0.25, 0.3) is 0 Å². The molecule has 11 rings (SSSR count). The van der Waals surface area contributed by atoms with Crippen LogP contribution in [0.15, 0.2) is 194 Å². The van der Waals surface area contributed by atoms with E-state index in [2.05, 4.69) is 204 Å². The van der Waals surface area contributed by atoms with Crippen LogP contribution in [-0.4, -0.2) is 4.57 Å². The van der Waals surface area contributed by atoms with Crippen molar-refractivity contribution in [1.82, 2.24) is 4.57 Å². The zero-order valence-electron chi connectivity index (χ0n) is 28.8. The Labute approximate surface area is 311 Å². The molecule has 0 saturated carbocycles. The van der Waals surface area contributed by atoms with Gasteiger partial charge in [-0.15, -0.1) is 11.3 Å². The maximum atomic E-state index is 2.41. The SMILES string of the molecule is c1ccc(-c2ccc(N(c3cccc(-n4c5ccccc5c5ccccc54)c3)c3ccc4ccc5cc6c(cc5c4c3)sc3ccccc36)cc2)cc1. The number of nitrogens with zero attached hydrogens (tertiary/aromatic N) is 2. The van der Waals surface area contributed by atoms with E-state index >= 15 is 0 Å². The van der Waals surface area contributed by atoms with Crippen molar-refractivity contribution in [2.24, 2.45) is 0 Å². The molecule has 0 aliphatic rings. The summed E-state index contributed by atoms with van der Waals surface area (Å²) in [5.74, 6) is 0. The Morgan fingerprint density at radius 1 is 0.340 bits per heavy atom. The van der Waals surface area contributed by atoms with Crippen molar-refractivity contribution in [3.63, 3.8) is 0 Å². The number of para-hydroxylation sites is 2. The number of rotatable bonds is 5. The molecule has 0 spiro atoms. The quantitative estimate of drug-likeness (QED) is 0.163. The van der Waals surface area contributed by atoms with E-state index in [0.717, 1.165) is 22.7 Å². The van der Waals surface area contributed by atoms with Crippen molar-refractivity contribution in [1.29, 1.82) is 0 Å². The maximum absolute atomic E-state index is 2.41. The second-order valence-electron chi connectivity index (χ2n) is 13.8. The van der Waals surface area contributed by atoms with Gasteiger partial charge in [-0.2, -0.15) is 0 Å². The van der Waals surface area contributed by atoms with E-state index in [9.17, 15) is 0 Å². The van der Waals surface area contributed by atoms with Gasteiger partial charge >= 0.3 is 0 Å². The van der Waals surface area contributed by atoms with Gasteiger partial charge in [-0.3, -0.25) is 0 Å². The average Bonchev–Trinajstić information content (AvgIpc) is 3.76. The molecular weight excluding hydrogens is 661 g/mol. The van der Waals surface area contributed by atoms with E-state index in [1.165, 1.54) is 74.6 Å². The van der Waals surface area contributed by atoms with Gasteiger partial charge in [0.1, 0.15) is 0 Å². The molecule has 0 unspecified atom stereocenters. The average molecular weight is 693 g/mol. The topological polar surface area (TPSA) is 8.17 Å². The van der Waals surface area contributed by atoms with Gasteiger partial charge in [0.2, 0.25) is 0 Å². The number of fused-ring (bicyclic) bond motifs is 9. The van der Waals surface area contributed by atoms with Crippen LogP contribution in [-0.2, 0) is 0 Å². The van der Waals surface area contributed by atoms with Crippen LogP contribution >= 0.6 is 11.3 Å². The third kappa shape index (κ3) is 4.86. The summed E-state index contributed by atoms with van der Waals surface area (Å²) in [6, 6.07) is 71.0. The first-order valence-corrected chi connectivity index (χ1v) is 18.9. The molecule has 53 heavy (non-hydrogen) atoms. The molecule has 0 saturated heterocycles. The van der Waals surface area contributed by atoms with Gasteiger partial charge in [-0.1, -0.05) is 121 Å². The number of hydrogen-bond acceptors (Lipinski definition) is 2. The van der Waals surface area contributed by atoms with Crippen LogP contribution in [0.4, 0.5) is 17.1 Å². The molecule has 2 aromatic heterocycles. The summed E-state index contributed by atoms with van der Waals surface area (Å²) in [6.07, 6.45) is 0. The highest BCUT2D eigenvalue weighted by Gasteiger charge is 2.18. The summed E-state index contributed by atoms with van der Waals surface area (Å²) in [5, 5.41) is 10.2. The van der Waals surface area contributed by atoms with Crippen LogP contribution < -0.4 is 4.90 Å². The third-order valence-electron chi connectivity index (χ3n) is 10.7. The predicted molar refractivity (Wildman–Crippen MR) is 229 cm³/mol. The monoisotopic (exact) mass is 692 g/mol. The highest BCUT2D eigenvalue weighted by molar-refractivity contribution is 7.25. The zero-order valence-corrected chi connectivity index (χ0v) is 29.6. The van der Waals surface area contributed by atoms with E-state index < -0.39 is 0 Å². The lowest BCUT2D eigenvalue weighted by Crippen LogP contribution is -2.10. The molecule has 3 heteroatoms. The normalized spacial score (nSPS) is 11.8. The maximum Gasteiger partial charge on any atom is 0.0541 e. The highest BCUT2D eigenvalue weighted by atomic mass is 32.1. The lowest BCUT2D eigenvalue weighted by molar-refractivity contribution is 1.17. The Kier molecular flexibility index (Phi) is 6.76. The Morgan fingerprint density at radius 2 is 0.943 bits per heavy atom. The molecule has 0 aliphatic heterocycles. The molecule has 0 bridgehead atoms. The Hall–Kier alpha value is -6.68. The summed E-state index contributed by atoms with van der Waals surface area (Å²) in [5.41, 5.74) is 9.27. The molecule has 9 aromatic carbocycles. The molecule has 0 atom stereocenters. The molecule has 2 nitrogen and oxygen atoms in total. The minimum absolute atomic E-state index is 1.10. The fourth-order valence-corrected chi connectivity index (χ4v) is 9.38. The number of aromatic nitrogens is 1. The van der Waals surface area contributed by atoms with E-state index in [4.69, 9.17) is 0 Å². The Morgan fingerprint density at radius 3 is 1.74 bits per heavy atom. The van der Waals surface area contributed by atoms with E-state index in [-0.39, 0.29) is 0 Å². The van der Waals surface area contributed by atoms with Crippen LogP contribution in [0.1, 0.15) is 0 Å². The van der Waals surface area contributed by atoms with Gasteiger partial charge in [0.05, 0.1) is 11.0 Å². The molecule has 0 N–H and O–H groups in total. The van der Waals surface area contributed by atoms with Gasteiger partial charge in [0, 0.05) is 53.7 Å². The first-order valence-electron chi connectivity index (χ1n) is 18.1. The summed E-state index contributed by atoms with van der Waals surface area (Å²) in [6.45, 7) is 0. The van der Waals surface area contributed by atoms with Crippen molar-refractivity contribution in [2.45, 2.75) is 0 Å². The van der Waals surface area contributed by atoms with Crippen LogP contribution in [0.5, 0.6) is 0 Å². The summed E-state index contributed by atoms with van der Waals surface area (Å²) < 4.78 is 5.05. The van der Waals surface area contributed by atoms with Crippen molar-refractivity contribution in [3.8, 4) is 16.8 Å². The van der Waals surface area contributed by atoms with E-state index in [1.54, 1.807) is 0 Å². The van der Waals surface area contributed by atoms with Gasteiger partial charge in [-0.25, -0.2) is 0 Å². The lowest BCUT2D eigenvalue weighted by atomic mass is 9.99. The van der Waals surface area contributed by atoms with E-state index in [1.807, 2.05) is 11.3 Å². The molecule has 2 heterocycles. The first kappa shape index (κ1) is 30.0. The molecule has 0 aliphatic carbocycles. The highest BCUT2D eigenvalue weighted by Crippen LogP contribution is 2.42. The Balaban J connectivity index is 1.12. The van der Waals surface area contributed by atoms with Crippen molar-refractivity contribution < 1.29 is 0 Å². The molecule has 0 amide bonds. The molecule has 0 fully saturated rings. The summed E-state index contributed by atoms with van der Waals surface area (Å²) >= 11 is 1.88. The van der Waals surface area contributed by atoms with Crippen LogP contribution in [0, 0.1) is 0 Å². The summed E-state index contributed by atoms with van der Waals surface area (Å²) in [7, 11) is 0. The number of benzene rings is 9. The van der Waals surface area contributed by atoms with Crippen LogP contribution in [0.25, 0.3) is 80.3 Å². The van der Waals surface area contributed by atoms with Gasteiger partial charge in [0.15, 0.2) is 0 Å². The third-order valence-corrected chi connectivity index (χ3v) is 11.9. The standard InChI is InChI=1S/C50H32N2S/c1-2-11-33(12-3-1)34-23-26-37(27-24-34)51(38-13-10-14-39(30-38)52-47-18-7-4-15-41(47)42-16-5-8-19-48(42)52)40-28-25-35-21-22-36-29-46-43-17-6-9-20-49(43)53-50(46)32-45(36)44(35)31-40/h1-32H. The van der Waals surface area contributed by atoms with Crippen LogP contribution in [0.3, 0.4) is 0 Å². The molecule has 0 radical (unpaired) electrons. The summed E-state index contributed by atoms with van der Waals surface area (Å²) in [4.78, 5) is 2.41. The second-order valence-corrected chi connectivity index (χ2v) is 14.9. The first-order chi connectivity index (χ1) is 26.3. The molecule has 11 aromatic rings. The molecule has 248 valence electrons. The lowest BCUT2D eigenvalue weighted by Gasteiger charge is -2.27. The number of hydrogen-bond donors (Lipinski definition) is 0. The zero-order chi connectivity index (χ0) is 34.9. The predicted octanol–water partition coefficient (Wildman–Crippen LogP) is 14.6. The van der Waals surface area contributed by atoms with Crippen molar-refractivity contribution in [2.75, 3.05) is 4.90 Å². The number of anilines is 3. The minimum Gasteiger partial charge on any atom is -0.310 e. The molecular formula is C50H32N2S. The van der Waals surface area contributed by atoms with Gasteiger partial charge < -0.3 is 9.47 Å². The smallest absolute Gasteiger partial charge is 0.0541 e. The van der Waals surface area contributed by atoms with E-state index in [0.29, 0.717) is 0 Å². The van der Waals surface area contributed by atoms with Crippen molar-refractivity contribution in [3.05, 3.63) is 194 Å². The van der Waals surface area contributed by atoms with Crippen LogP contribution in [0.2, 0.25) is 0 Å².